The predicted molar refractivity (Wildman–Crippen MR) is 107 cm³/mol. The van der Waals surface area contributed by atoms with E-state index in [0.717, 1.165) is 0 Å². The molecule has 2 saturated heterocycles. The van der Waals surface area contributed by atoms with Gasteiger partial charge in [0.05, 0.1) is 12.5 Å². The minimum absolute atomic E-state index is 0.0643. The van der Waals surface area contributed by atoms with E-state index in [1.807, 2.05) is 0 Å². The summed E-state index contributed by atoms with van der Waals surface area (Å²) >= 11 is 0. The van der Waals surface area contributed by atoms with Crippen molar-refractivity contribution in [2.75, 3.05) is 6.54 Å². The van der Waals surface area contributed by atoms with Crippen molar-refractivity contribution >= 4 is 23.8 Å². The Morgan fingerprint density at radius 2 is 1.70 bits per heavy atom. The highest BCUT2D eigenvalue weighted by Crippen LogP contribution is 2.36. The third-order valence-electron chi connectivity index (χ3n) is 5.01. The fraction of sp³-hybridized carbons (Fsp3) is 0.810. The highest BCUT2D eigenvalue weighted by Gasteiger charge is 2.52. The van der Waals surface area contributed by atoms with Gasteiger partial charge in [-0.25, -0.2) is 4.79 Å². The molecule has 2 N–H and O–H groups in total. The lowest BCUT2D eigenvalue weighted by atomic mass is 9.95. The number of esters is 2. The predicted octanol–water partition coefficient (Wildman–Crippen LogP) is 1.48. The van der Waals surface area contributed by atoms with E-state index in [2.05, 4.69) is 5.32 Å². The summed E-state index contributed by atoms with van der Waals surface area (Å²) in [5.41, 5.74) is -1.36. The summed E-state index contributed by atoms with van der Waals surface area (Å²) in [6.45, 7) is 10.9. The summed E-state index contributed by atoms with van der Waals surface area (Å²) in [7, 11) is 0. The number of hydrogen-bond acceptors (Lipinski definition) is 7. The Labute approximate surface area is 177 Å². The molecule has 0 spiro atoms. The molecule has 0 bridgehead atoms. The number of nitrogens with one attached hydrogen (secondary N) is 1. The van der Waals surface area contributed by atoms with Crippen LogP contribution in [0.25, 0.3) is 0 Å². The first-order valence-electron chi connectivity index (χ1n) is 10.4. The molecule has 2 rings (SSSR count). The number of nitrogens with zero attached hydrogens (tertiary/aromatic N) is 1. The van der Waals surface area contributed by atoms with Crippen molar-refractivity contribution in [1.29, 1.82) is 0 Å². The molecule has 0 radical (unpaired) electrons. The second-order valence-corrected chi connectivity index (χ2v) is 10.1. The van der Waals surface area contributed by atoms with Gasteiger partial charge in [0.2, 0.25) is 5.91 Å². The Bertz CT molecular complexity index is 692. The van der Waals surface area contributed by atoms with Gasteiger partial charge >= 0.3 is 17.9 Å². The zero-order chi connectivity index (χ0) is 22.9. The first-order valence-corrected chi connectivity index (χ1v) is 10.4. The van der Waals surface area contributed by atoms with Crippen LogP contribution in [0.4, 0.5) is 0 Å². The van der Waals surface area contributed by atoms with Crippen molar-refractivity contribution in [3.63, 3.8) is 0 Å². The van der Waals surface area contributed by atoms with Gasteiger partial charge < -0.3 is 24.8 Å². The molecule has 30 heavy (non-hydrogen) atoms. The fourth-order valence-electron chi connectivity index (χ4n) is 4.06. The first-order chi connectivity index (χ1) is 13.7. The molecule has 9 heteroatoms. The number of amides is 1. The number of fused-ring (bicyclic) bond motifs is 1. The zero-order valence-corrected chi connectivity index (χ0v) is 18.7. The van der Waals surface area contributed by atoms with E-state index < -0.39 is 47.1 Å². The van der Waals surface area contributed by atoms with Crippen molar-refractivity contribution in [1.82, 2.24) is 10.2 Å². The maximum atomic E-state index is 13.2. The molecule has 0 unspecified atom stereocenters. The number of carbonyl (C=O) groups excluding carboxylic acids is 3. The summed E-state index contributed by atoms with van der Waals surface area (Å²) < 4.78 is 10.8. The van der Waals surface area contributed by atoms with Gasteiger partial charge in [0.1, 0.15) is 17.2 Å². The molecular formula is C21H34N2O7. The summed E-state index contributed by atoms with van der Waals surface area (Å²) in [6.07, 6.45) is 0.497. The highest BCUT2D eigenvalue weighted by molar-refractivity contribution is 5.90. The number of aliphatic carboxylic acids is 1. The third kappa shape index (κ3) is 6.42. The summed E-state index contributed by atoms with van der Waals surface area (Å²) in [5.74, 6) is -2.82. The maximum absolute atomic E-state index is 13.2. The molecule has 0 aromatic heterocycles. The topological polar surface area (TPSA) is 122 Å². The zero-order valence-electron chi connectivity index (χ0n) is 18.7. The van der Waals surface area contributed by atoms with E-state index >= 15 is 0 Å². The molecule has 9 nitrogen and oxygen atoms in total. The Kier molecular flexibility index (Phi) is 7.16. The van der Waals surface area contributed by atoms with Crippen LogP contribution in [-0.2, 0) is 28.7 Å². The van der Waals surface area contributed by atoms with Crippen LogP contribution >= 0.6 is 0 Å². The Hall–Kier alpha value is -2.16. The van der Waals surface area contributed by atoms with Crippen LogP contribution in [0.1, 0.15) is 67.2 Å². The summed E-state index contributed by atoms with van der Waals surface area (Å²) in [5, 5.41) is 12.4. The van der Waals surface area contributed by atoms with Crippen molar-refractivity contribution in [2.45, 2.75) is 96.6 Å². The Morgan fingerprint density at radius 3 is 2.23 bits per heavy atom. The number of ether oxygens (including phenoxy) is 2. The average molecular weight is 427 g/mol. The van der Waals surface area contributed by atoms with Crippen LogP contribution in [0.3, 0.4) is 0 Å². The van der Waals surface area contributed by atoms with Crippen LogP contribution in [0.5, 0.6) is 0 Å². The number of carbonyl (C=O) groups is 4. The smallest absolute Gasteiger partial charge is 0.329 e. The normalized spacial score (nSPS) is 26.9. The fourth-order valence-corrected chi connectivity index (χ4v) is 4.06. The average Bonchev–Trinajstić information content (AvgIpc) is 2.89. The quantitative estimate of drug-likeness (QED) is 0.613. The number of rotatable bonds is 6. The van der Waals surface area contributed by atoms with E-state index in [9.17, 15) is 24.3 Å². The van der Waals surface area contributed by atoms with Gasteiger partial charge in [-0.1, -0.05) is 0 Å². The molecule has 2 fully saturated rings. The van der Waals surface area contributed by atoms with Gasteiger partial charge in [0, 0.05) is 24.9 Å². The second-order valence-electron chi connectivity index (χ2n) is 10.1. The minimum Gasteiger partial charge on any atom is -0.481 e. The molecule has 0 aromatic rings. The molecule has 2 heterocycles. The number of carboxylic acid groups (broad SMARTS) is 1. The van der Waals surface area contributed by atoms with Crippen LogP contribution in [0.15, 0.2) is 0 Å². The molecule has 4 atom stereocenters. The Morgan fingerprint density at radius 1 is 1.10 bits per heavy atom. The molecule has 2 aliphatic rings. The first kappa shape index (κ1) is 24.1. The molecule has 0 saturated carbocycles. The summed E-state index contributed by atoms with van der Waals surface area (Å²) in [6, 6.07) is -1.86. The van der Waals surface area contributed by atoms with Crippen LogP contribution in [-0.4, -0.2) is 69.7 Å². The van der Waals surface area contributed by atoms with Crippen molar-refractivity contribution in [3.05, 3.63) is 0 Å². The van der Waals surface area contributed by atoms with Gasteiger partial charge in [0.25, 0.3) is 0 Å². The standard InChI is InChI=1S/C21H34N2O7/c1-20(2,3)29-16(26)8-7-14-18(27)23-13(11-22-14)9-12(10-15(24)25)17(23)19(28)30-21(4,5)6/h12-14,17,22H,7-11H2,1-6H3,(H,24,25)/t12-,13+,14+,17+/m1/s1. The lowest BCUT2D eigenvalue weighted by Crippen LogP contribution is -2.61. The SMILES string of the molecule is CC(C)(C)OC(=O)CC[C@@H]1NC[C@@H]2C[C@H](CC(=O)O)[C@@H](C(=O)OC(C)(C)C)N2C1=O. The minimum atomic E-state index is -1.02. The van der Waals surface area contributed by atoms with Crippen LogP contribution < -0.4 is 5.32 Å². The van der Waals surface area contributed by atoms with Crippen molar-refractivity contribution < 1.29 is 33.8 Å². The van der Waals surface area contributed by atoms with E-state index in [4.69, 9.17) is 9.47 Å². The van der Waals surface area contributed by atoms with Gasteiger partial charge in [-0.3, -0.25) is 14.4 Å². The Balaban J connectivity index is 2.14. The molecule has 2 aliphatic heterocycles. The maximum Gasteiger partial charge on any atom is 0.329 e. The van der Waals surface area contributed by atoms with Crippen LogP contribution in [0.2, 0.25) is 0 Å². The molecule has 170 valence electrons. The van der Waals surface area contributed by atoms with Gasteiger partial charge in [-0.05, 0) is 54.4 Å². The second kappa shape index (κ2) is 8.91. The van der Waals surface area contributed by atoms with Gasteiger partial charge in [-0.2, -0.15) is 0 Å². The summed E-state index contributed by atoms with van der Waals surface area (Å²) in [4.78, 5) is 50.9. The molecule has 0 aromatic carbocycles. The molecular weight excluding hydrogens is 392 g/mol. The van der Waals surface area contributed by atoms with Gasteiger partial charge in [-0.15, -0.1) is 0 Å². The van der Waals surface area contributed by atoms with Crippen molar-refractivity contribution in [3.8, 4) is 0 Å². The van der Waals surface area contributed by atoms with Crippen molar-refractivity contribution in [2.24, 2.45) is 5.92 Å². The largest absolute Gasteiger partial charge is 0.481 e. The van der Waals surface area contributed by atoms with E-state index in [0.29, 0.717) is 13.0 Å². The van der Waals surface area contributed by atoms with E-state index in [-0.39, 0.29) is 31.2 Å². The molecule has 0 aliphatic carbocycles. The number of hydrogen-bond donors (Lipinski definition) is 2. The lowest BCUT2D eigenvalue weighted by Gasteiger charge is -2.39. The van der Waals surface area contributed by atoms with E-state index in [1.54, 1.807) is 41.5 Å². The monoisotopic (exact) mass is 426 g/mol. The molecule has 1 amide bonds. The van der Waals surface area contributed by atoms with E-state index in [1.165, 1.54) is 4.90 Å². The lowest BCUT2D eigenvalue weighted by molar-refractivity contribution is -0.167. The number of carboxylic acids is 1. The van der Waals surface area contributed by atoms with Crippen LogP contribution in [0, 0.1) is 5.92 Å². The van der Waals surface area contributed by atoms with Gasteiger partial charge in [0.15, 0.2) is 0 Å². The highest BCUT2D eigenvalue weighted by atomic mass is 16.6. The third-order valence-corrected chi connectivity index (χ3v) is 5.01. The number of piperazine rings is 1.